The van der Waals surface area contributed by atoms with E-state index in [-0.39, 0.29) is 0 Å². The largest absolute Gasteiger partial charge is 0.385 e. The summed E-state index contributed by atoms with van der Waals surface area (Å²) in [6, 6.07) is 10.2. The highest BCUT2D eigenvalue weighted by atomic mass is 35.5. The van der Waals surface area contributed by atoms with Gasteiger partial charge in [-0.05, 0) is 75.7 Å². The first-order valence-electron chi connectivity index (χ1n) is 10.7. The van der Waals surface area contributed by atoms with Gasteiger partial charge < -0.3 is 14.9 Å². The van der Waals surface area contributed by atoms with Crippen molar-refractivity contribution in [1.82, 2.24) is 9.80 Å². The zero-order chi connectivity index (χ0) is 19.3. The van der Waals surface area contributed by atoms with Crippen molar-refractivity contribution in [3.05, 3.63) is 35.9 Å². The Kier molecular flexibility index (Phi) is 7.24. The van der Waals surface area contributed by atoms with Gasteiger partial charge >= 0.3 is 0 Å². The predicted octanol–water partition coefficient (Wildman–Crippen LogP) is 4.48. The molecule has 152 valence electrons. The van der Waals surface area contributed by atoms with Crippen molar-refractivity contribution < 1.29 is 5.11 Å². The van der Waals surface area contributed by atoms with Crippen LogP contribution >= 0.6 is 11.6 Å². The number of piperidine rings is 2. The van der Waals surface area contributed by atoms with Crippen LogP contribution in [0.3, 0.4) is 0 Å². The number of hydrogen-bond acceptors (Lipinski definition) is 3. The molecule has 3 rings (SSSR count). The van der Waals surface area contributed by atoms with Crippen molar-refractivity contribution in [3.8, 4) is 0 Å². The fourth-order valence-corrected chi connectivity index (χ4v) is 4.55. The van der Waals surface area contributed by atoms with Gasteiger partial charge in [-0.3, -0.25) is 0 Å². The molecule has 2 heterocycles. The molecule has 0 spiro atoms. The summed E-state index contributed by atoms with van der Waals surface area (Å²) in [5.41, 5.74) is 0.804. The molecule has 0 atom stereocenters. The van der Waals surface area contributed by atoms with Gasteiger partial charge in [0.1, 0.15) is 0 Å². The highest BCUT2D eigenvalue weighted by Crippen LogP contribution is 2.34. The minimum absolute atomic E-state index is 0.366. The first-order chi connectivity index (χ1) is 12.9. The zero-order valence-electron chi connectivity index (χ0n) is 17.2. The molecule has 1 aromatic carbocycles. The van der Waals surface area contributed by atoms with E-state index in [9.17, 15) is 5.11 Å². The van der Waals surface area contributed by atoms with Crippen molar-refractivity contribution in [2.45, 2.75) is 63.4 Å². The van der Waals surface area contributed by atoms with E-state index in [1.807, 2.05) is 18.2 Å². The Morgan fingerprint density at radius 1 is 0.963 bits per heavy atom. The molecule has 2 fully saturated rings. The number of rotatable bonds is 7. The molecule has 2 saturated heterocycles. The third-order valence-electron chi connectivity index (χ3n) is 6.72. The summed E-state index contributed by atoms with van der Waals surface area (Å²) in [4.78, 5) is 5.12. The molecule has 0 amide bonds. The summed E-state index contributed by atoms with van der Waals surface area (Å²) in [6.45, 7) is 11.5. The zero-order valence-corrected chi connectivity index (χ0v) is 17.9. The number of hydrogen-bond donors (Lipinski definition) is 1. The van der Waals surface area contributed by atoms with Crippen LogP contribution in [0.4, 0.5) is 0 Å². The Labute approximate surface area is 170 Å². The molecule has 2 aliphatic heterocycles. The molecule has 4 heteroatoms. The van der Waals surface area contributed by atoms with E-state index in [2.05, 4.69) is 35.8 Å². The Morgan fingerprint density at radius 2 is 1.48 bits per heavy atom. The van der Waals surface area contributed by atoms with Crippen LogP contribution < -0.4 is 0 Å². The van der Waals surface area contributed by atoms with Gasteiger partial charge in [0.05, 0.1) is 5.60 Å². The van der Waals surface area contributed by atoms with E-state index in [1.54, 1.807) is 0 Å². The average molecular weight is 393 g/mol. The summed E-state index contributed by atoms with van der Waals surface area (Å²) in [5.74, 6) is 0. The number of halogens is 1. The molecular weight excluding hydrogens is 356 g/mol. The van der Waals surface area contributed by atoms with Gasteiger partial charge in [0, 0.05) is 18.5 Å². The third kappa shape index (κ3) is 6.19. The quantitative estimate of drug-likeness (QED) is 0.693. The Balaban J connectivity index is 1.38. The normalized spacial score (nSPS) is 22.8. The lowest BCUT2D eigenvalue weighted by atomic mass is 9.82. The number of alkyl halides is 1. The fourth-order valence-electron chi connectivity index (χ4n) is 4.36. The van der Waals surface area contributed by atoms with Crippen LogP contribution in [0.25, 0.3) is 0 Å². The Bertz CT molecular complexity index is 561. The number of nitrogens with zero attached hydrogens (tertiary/aromatic N) is 2. The van der Waals surface area contributed by atoms with Crippen LogP contribution in [-0.4, -0.2) is 59.6 Å². The van der Waals surface area contributed by atoms with Gasteiger partial charge in [0.2, 0.25) is 0 Å². The highest BCUT2D eigenvalue weighted by Gasteiger charge is 2.34. The smallest absolute Gasteiger partial charge is 0.0920 e. The van der Waals surface area contributed by atoms with E-state index in [4.69, 9.17) is 11.6 Å². The average Bonchev–Trinajstić information content (AvgIpc) is 2.68. The predicted molar refractivity (Wildman–Crippen MR) is 114 cm³/mol. The van der Waals surface area contributed by atoms with Crippen molar-refractivity contribution in [3.63, 3.8) is 0 Å². The van der Waals surface area contributed by atoms with Gasteiger partial charge in [0.25, 0.3) is 0 Å². The van der Waals surface area contributed by atoms with Gasteiger partial charge in [-0.15, -0.1) is 11.6 Å². The van der Waals surface area contributed by atoms with Crippen LogP contribution in [0.2, 0.25) is 0 Å². The van der Waals surface area contributed by atoms with E-state index in [1.165, 1.54) is 19.4 Å². The van der Waals surface area contributed by atoms with Crippen LogP contribution in [0.1, 0.15) is 57.9 Å². The van der Waals surface area contributed by atoms with Crippen molar-refractivity contribution >= 4 is 11.6 Å². The molecule has 1 N–H and O–H groups in total. The van der Waals surface area contributed by atoms with Crippen LogP contribution in [0.5, 0.6) is 0 Å². The number of benzene rings is 1. The second-order valence-corrected chi connectivity index (χ2v) is 10.0. The first kappa shape index (κ1) is 21.1. The summed E-state index contributed by atoms with van der Waals surface area (Å²) < 4.78 is 0. The lowest BCUT2D eigenvalue weighted by Crippen LogP contribution is -2.43. The Morgan fingerprint density at radius 3 is 2.04 bits per heavy atom. The van der Waals surface area contributed by atoms with E-state index >= 15 is 0 Å². The molecule has 0 bridgehead atoms. The topological polar surface area (TPSA) is 26.7 Å². The van der Waals surface area contributed by atoms with E-state index in [0.29, 0.717) is 10.8 Å². The maximum atomic E-state index is 11.0. The minimum Gasteiger partial charge on any atom is -0.385 e. The molecule has 1 aromatic rings. The lowest BCUT2D eigenvalue weighted by molar-refractivity contribution is -0.0278. The van der Waals surface area contributed by atoms with Gasteiger partial charge in [-0.25, -0.2) is 0 Å². The molecule has 0 radical (unpaired) electrons. The number of aliphatic hydroxyl groups is 1. The second kappa shape index (κ2) is 9.26. The third-order valence-corrected chi connectivity index (χ3v) is 7.16. The van der Waals surface area contributed by atoms with Gasteiger partial charge in [0.15, 0.2) is 0 Å². The van der Waals surface area contributed by atoms with Gasteiger partial charge in [-0.2, -0.15) is 0 Å². The lowest BCUT2D eigenvalue weighted by Gasteiger charge is -2.40. The molecule has 0 unspecified atom stereocenters. The van der Waals surface area contributed by atoms with Gasteiger partial charge in [-0.1, -0.05) is 44.2 Å². The molecule has 0 aliphatic carbocycles. The van der Waals surface area contributed by atoms with Crippen molar-refractivity contribution in [2.24, 2.45) is 5.41 Å². The molecule has 3 nitrogen and oxygen atoms in total. The molecule has 2 aliphatic rings. The summed E-state index contributed by atoms with van der Waals surface area (Å²) in [5, 5.41) is 11.4. The van der Waals surface area contributed by atoms with Crippen molar-refractivity contribution in [2.75, 3.05) is 39.3 Å². The maximum Gasteiger partial charge on any atom is 0.0920 e. The maximum absolute atomic E-state index is 11.0. The second-order valence-electron chi connectivity index (χ2n) is 9.42. The van der Waals surface area contributed by atoms with E-state index in [0.717, 1.165) is 64.0 Å². The highest BCUT2D eigenvalue weighted by molar-refractivity contribution is 6.20. The minimum atomic E-state index is -0.637. The first-order valence-corrected chi connectivity index (χ1v) is 11.2. The standard InChI is InChI=1S/C23H37ClN2O/c1-22(2,10-16-25-14-8-21(24)9-15-25)11-17-26-18-12-23(27,13-19-26)20-6-4-3-5-7-20/h3-7,21,27H,8-19H2,1-2H3. The SMILES string of the molecule is CC(C)(CCN1CCC(Cl)CC1)CCN1CCC(O)(c2ccccc2)CC1. The molecule has 27 heavy (non-hydrogen) atoms. The van der Waals surface area contributed by atoms with Crippen LogP contribution in [-0.2, 0) is 5.60 Å². The van der Waals surface area contributed by atoms with Crippen LogP contribution in [0, 0.1) is 5.41 Å². The summed E-state index contributed by atoms with van der Waals surface area (Å²) in [6.07, 6.45) is 6.43. The molecule has 0 saturated carbocycles. The van der Waals surface area contributed by atoms with E-state index < -0.39 is 5.60 Å². The summed E-state index contributed by atoms with van der Waals surface area (Å²) >= 11 is 6.22. The van der Waals surface area contributed by atoms with Crippen LogP contribution in [0.15, 0.2) is 30.3 Å². The monoisotopic (exact) mass is 392 g/mol. The fraction of sp³-hybridized carbons (Fsp3) is 0.739. The Hall–Kier alpha value is -0.610. The molecular formula is C23H37ClN2O. The number of likely N-dealkylation sites (tertiary alicyclic amines) is 2. The van der Waals surface area contributed by atoms with Crippen molar-refractivity contribution in [1.29, 1.82) is 0 Å². The molecule has 0 aromatic heterocycles. The summed E-state index contributed by atoms with van der Waals surface area (Å²) in [7, 11) is 0.